The van der Waals surface area contributed by atoms with E-state index in [0.29, 0.717) is 30.8 Å². The molecular formula is C26H31F3N8O5S2. The van der Waals surface area contributed by atoms with Gasteiger partial charge in [-0.05, 0) is 38.8 Å². The largest absolute Gasteiger partial charge is 0.465 e. The van der Waals surface area contributed by atoms with E-state index in [1.807, 2.05) is 6.92 Å². The fraction of sp³-hybridized carbons (Fsp3) is 0.500. The molecule has 2 aliphatic heterocycles. The van der Waals surface area contributed by atoms with Crippen molar-refractivity contribution in [3.8, 4) is 0 Å². The zero-order valence-electron chi connectivity index (χ0n) is 23.8. The summed E-state index contributed by atoms with van der Waals surface area (Å²) in [7, 11) is -3.86. The number of thiazole rings is 1. The van der Waals surface area contributed by atoms with E-state index in [2.05, 4.69) is 30.5 Å². The predicted octanol–water partition coefficient (Wildman–Crippen LogP) is 3.46. The predicted molar refractivity (Wildman–Crippen MR) is 156 cm³/mol. The molecular weight excluding hydrogens is 625 g/mol. The van der Waals surface area contributed by atoms with E-state index in [9.17, 15) is 31.2 Å². The number of alkyl halides is 3. The number of rotatable bonds is 8. The van der Waals surface area contributed by atoms with Gasteiger partial charge in [-0.1, -0.05) is 17.4 Å². The molecule has 18 heteroatoms. The van der Waals surface area contributed by atoms with Gasteiger partial charge in [-0.25, -0.2) is 28.2 Å². The lowest BCUT2D eigenvalue weighted by Gasteiger charge is -2.35. The number of carbonyl (C=O) groups excluding carboxylic acids is 1. The zero-order valence-corrected chi connectivity index (χ0v) is 25.5. The lowest BCUT2D eigenvalue weighted by atomic mass is 10.1. The van der Waals surface area contributed by atoms with Crippen LogP contribution in [0.4, 0.5) is 28.9 Å². The maximum absolute atomic E-state index is 13.5. The van der Waals surface area contributed by atoms with Crippen molar-refractivity contribution >= 4 is 55.2 Å². The number of nitrogens with zero attached hydrogens (tertiary/aromatic N) is 6. The normalized spacial score (nSPS) is 19.3. The summed E-state index contributed by atoms with van der Waals surface area (Å²) >= 11 is 0.771. The summed E-state index contributed by atoms with van der Waals surface area (Å²) in [6.07, 6.45) is -4.43. The molecule has 2 atom stereocenters. The van der Waals surface area contributed by atoms with Crippen molar-refractivity contribution in [3.05, 3.63) is 35.8 Å². The molecule has 4 heterocycles. The van der Waals surface area contributed by atoms with Crippen LogP contribution in [0.5, 0.6) is 0 Å². The van der Waals surface area contributed by atoms with Gasteiger partial charge < -0.3 is 15.3 Å². The molecule has 0 aliphatic carbocycles. The van der Waals surface area contributed by atoms with Gasteiger partial charge in [-0.2, -0.15) is 17.5 Å². The van der Waals surface area contributed by atoms with E-state index in [0.717, 1.165) is 16.2 Å². The number of benzene rings is 1. The fourth-order valence-corrected chi connectivity index (χ4v) is 8.54. The number of anilines is 2. The van der Waals surface area contributed by atoms with Crippen LogP contribution in [0.2, 0.25) is 0 Å². The topological polar surface area (TPSA) is 161 Å². The number of fused-ring (bicyclic) bond motifs is 1. The second kappa shape index (κ2) is 12.4. The second-order valence-electron chi connectivity index (χ2n) is 10.7. The first kappa shape index (κ1) is 31.8. The van der Waals surface area contributed by atoms with Gasteiger partial charge in [0.25, 0.3) is 15.9 Å². The summed E-state index contributed by atoms with van der Waals surface area (Å²) in [5.41, 5.74) is 0.562. The van der Waals surface area contributed by atoms with Gasteiger partial charge in [0.15, 0.2) is 9.34 Å². The van der Waals surface area contributed by atoms with Crippen LogP contribution in [-0.2, 0) is 10.0 Å². The van der Waals surface area contributed by atoms with Gasteiger partial charge in [0, 0.05) is 50.7 Å². The SMILES string of the molecule is Cc1nc(NC(=O)O)sc1S(=O)(=O)N1CCN(CC(C)Nc2ncnc3c(C(=O)N4CCC[C@@H]4C(F)(F)F)cccc23)CC1. The molecule has 2 amide bonds. The third-order valence-corrected chi connectivity index (χ3v) is 11.1. The fourth-order valence-electron chi connectivity index (χ4n) is 5.58. The third kappa shape index (κ3) is 6.57. The van der Waals surface area contributed by atoms with Crippen molar-refractivity contribution in [2.75, 3.05) is 49.9 Å². The van der Waals surface area contributed by atoms with Crippen molar-refractivity contribution in [1.82, 2.24) is 29.1 Å². The van der Waals surface area contributed by atoms with E-state index in [4.69, 9.17) is 5.11 Å². The van der Waals surface area contributed by atoms with Crippen molar-refractivity contribution in [3.63, 3.8) is 0 Å². The summed E-state index contributed by atoms with van der Waals surface area (Å²) in [5.74, 6) is -0.289. The first-order chi connectivity index (χ1) is 20.8. The average molecular weight is 657 g/mol. The molecule has 2 aliphatic rings. The number of para-hydroxylation sites is 1. The minimum absolute atomic E-state index is 0.00289. The highest BCUT2D eigenvalue weighted by Gasteiger charge is 2.48. The molecule has 0 spiro atoms. The number of hydrogen-bond donors (Lipinski definition) is 3. The summed E-state index contributed by atoms with van der Waals surface area (Å²) in [4.78, 5) is 39.6. The van der Waals surface area contributed by atoms with Crippen LogP contribution < -0.4 is 10.6 Å². The van der Waals surface area contributed by atoms with Gasteiger partial charge in [0.1, 0.15) is 18.2 Å². The highest BCUT2D eigenvalue weighted by Crippen LogP contribution is 2.35. The Hall–Kier alpha value is -3.61. The Labute approximate surface area is 255 Å². The summed E-state index contributed by atoms with van der Waals surface area (Å²) in [5, 5.41) is 14.8. The number of carbonyl (C=O) groups is 2. The highest BCUT2D eigenvalue weighted by atomic mass is 32.2. The molecule has 2 saturated heterocycles. The molecule has 1 aromatic carbocycles. The van der Waals surface area contributed by atoms with Crippen LogP contribution in [0.3, 0.4) is 0 Å². The van der Waals surface area contributed by atoms with Crippen LogP contribution in [0.15, 0.2) is 28.7 Å². The van der Waals surface area contributed by atoms with Gasteiger partial charge in [0.05, 0.1) is 16.8 Å². The summed E-state index contributed by atoms with van der Waals surface area (Å²) < 4.78 is 68.4. The van der Waals surface area contributed by atoms with Crippen molar-refractivity contribution in [2.45, 2.75) is 49.2 Å². The molecule has 2 fully saturated rings. The number of carboxylic acid groups (broad SMARTS) is 1. The lowest BCUT2D eigenvalue weighted by molar-refractivity contribution is -0.169. The number of aryl methyl sites for hydroxylation is 1. The Morgan fingerprint density at radius 2 is 1.89 bits per heavy atom. The number of nitrogens with one attached hydrogen (secondary N) is 2. The molecule has 3 N–H and O–H groups in total. The number of amides is 2. The molecule has 3 aromatic rings. The minimum Gasteiger partial charge on any atom is -0.465 e. The number of piperazine rings is 1. The molecule has 0 radical (unpaired) electrons. The van der Waals surface area contributed by atoms with Crippen molar-refractivity contribution in [1.29, 1.82) is 0 Å². The maximum Gasteiger partial charge on any atom is 0.410 e. The maximum atomic E-state index is 13.5. The Bertz CT molecular complexity index is 1660. The quantitative estimate of drug-likeness (QED) is 0.328. The van der Waals surface area contributed by atoms with E-state index in [1.165, 1.54) is 23.6 Å². The monoisotopic (exact) mass is 656 g/mol. The Morgan fingerprint density at radius 1 is 1.16 bits per heavy atom. The van der Waals surface area contributed by atoms with E-state index < -0.39 is 34.2 Å². The van der Waals surface area contributed by atoms with Gasteiger partial charge in [0.2, 0.25) is 0 Å². The second-order valence-corrected chi connectivity index (χ2v) is 13.8. The van der Waals surface area contributed by atoms with Crippen molar-refractivity contribution in [2.24, 2.45) is 0 Å². The zero-order chi connectivity index (χ0) is 31.8. The standard InChI is InChI=1S/C26H31F3N8O5S2/c1-15(13-35-9-11-36(12-10-35)44(41,42)23-16(2)33-24(43-23)34-25(39)40)32-21-17-5-3-6-18(20(17)30-14-31-21)22(38)37-8-4-7-19(37)26(27,28)29/h3,5-6,14-15,19H,4,7-13H2,1-2H3,(H,33,34)(H,39,40)(H,30,31,32)/t15?,19-/m1/s1. The third-order valence-electron chi connectivity index (χ3n) is 7.58. The first-order valence-electron chi connectivity index (χ1n) is 13.8. The van der Waals surface area contributed by atoms with Gasteiger partial charge in [-0.3, -0.25) is 15.0 Å². The van der Waals surface area contributed by atoms with Crippen LogP contribution >= 0.6 is 11.3 Å². The van der Waals surface area contributed by atoms with Gasteiger partial charge in [-0.15, -0.1) is 0 Å². The molecule has 13 nitrogen and oxygen atoms in total. The number of likely N-dealkylation sites (tertiary alicyclic amines) is 1. The van der Waals surface area contributed by atoms with Crippen LogP contribution in [0, 0.1) is 6.92 Å². The smallest absolute Gasteiger partial charge is 0.410 e. The number of hydrogen-bond acceptors (Lipinski definition) is 10. The number of halogens is 3. The Kier molecular flexibility index (Phi) is 8.97. The van der Waals surface area contributed by atoms with Crippen LogP contribution in [-0.4, -0.2) is 112 Å². The van der Waals surface area contributed by atoms with E-state index in [-0.39, 0.29) is 64.6 Å². The van der Waals surface area contributed by atoms with Crippen LogP contribution in [0.25, 0.3) is 10.9 Å². The van der Waals surface area contributed by atoms with E-state index >= 15 is 0 Å². The molecule has 0 bridgehead atoms. The number of aromatic nitrogens is 3. The molecule has 238 valence electrons. The van der Waals surface area contributed by atoms with E-state index in [1.54, 1.807) is 12.1 Å². The van der Waals surface area contributed by atoms with Gasteiger partial charge >= 0.3 is 12.3 Å². The van der Waals surface area contributed by atoms with Crippen molar-refractivity contribution < 1.29 is 36.3 Å². The molecule has 44 heavy (non-hydrogen) atoms. The average Bonchev–Trinajstić information content (AvgIpc) is 3.60. The first-order valence-corrected chi connectivity index (χ1v) is 16.1. The highest BCUT2D eigenvalue weighted by molar-refractivity contribution is 7.91. The Balaban J connectivity index is 1.23. The molecule has 2 aromatic heterocycles. The molecule has 5 rings (SSSR count). The lowest BCUT2D eigenvalue weighted by Crippen LogP contribution is -2.50. The van der Waals surface area contributed by atoms with Crippen LogP contribution in [0.1, 0.15) is 35.8 Å². The molecule has 1 unspecified atom stereocenters. The minimum atomic E-state index is -4.51. The summed E-state index contributed by atoms with van der Waals surface area (Å²) in [6, 6.07) is 2.78. The summed E-state index contributed by atoms with van der Waals surface area (Å²) in [6.45, 7) is 5.34. The number of sulfonamides is 1. The Morgan fingerprint density at radius 3 is 2.57 bits per heavy atom. The molecule has 0 saturated carbocycles.